The molecule has 0 unspecified atom stereocenters. The minimum absolute atomic E-state index is 0.144. The summed E-state index contributed by atoms with van der Waals surface area (Å²) in [5, 5.41) is 3.28. The molecule has 3 amide bonds. The van der Waals surface area contributed by atoms with Gasteiger partial charge in [0, 0.05) is 16.6 Å². The lowest BCUT2D eigenvalue weighted by atomic mass is 10.1. The summed E-state index contributed by atoms with van der Waals surface area (Å²) in [6.07, 6.45) is 2.92. The number of furan rings is 2. The maximum absolute atomic E-state index is 13.0. The Bertz CT molecular complexity index is 1520. The van der Waals surface area contributed by atoms with Gasteiger partial charge in [-0.3, -0.25) is 25.2 Å². The topological polar surface area (TPSA) is 126 Å². The summed E-state index contributed by atoms with van der Waals surface area (Å²) >= 11 is 0. The van der Waals surface area contributed by atoms with Gasteiger partial charge in [0.05, 0.1) is 23.6 Å². The maximum Gasteiger partial charge on any atom is 0.291 e. The molecule has 172 valence electrons. The maximum atomic E-state index is 13.0. The second-order valence-electron chi connectivity index (χ2n) is 7.47. The molecule has 0 aliphatic carbocycles. The quantitative estimate of drug-likeness (QED) is 0.329. The van der Waals surface area contributed by atoms with Crippen molar-refractivity contribution in [2.24, 2.45) is 0 Å². The summed E-state index contributed by atoms with van der Waals surface area (Å²) in [5.41, 5.74) is 6.91. The molecule has 0 fully saturated rings. The molecule has 35 heavy (non-hydrogen) atoms. The molecule has 0 bridgehead atoms. The van der Waals surface area contributed by atoms with Gasteiger partial charge >= 0.3 is 0 Å². The number of anilines is 1. The summed E-state index contributed by atoms with van der Waals surface area (Å²) in [7, 11) is 0. The molecule has 0 saturated heterocycles. The molecule has 3 aromatic heterocycles. The van der Waals surface area contributed by atoms with Crippen molar-refractivity contribution in [2.75, 3.05) is 5.32 Å². The van der Waals surface area contributed by atoms with E-state index in [1.54, 1.807) is 60.7 Å². The highest BCUT2D eigenvalue weighted by Crippen LogP contribution is 2.25. The van der Waals surface area contributed by atoms with Crippen molar-refractivity contribution in [1.29, 1.82) is 0 Å². The zero-order valence-electron chi connectivity index (χ0n) is 18.1. The normalized spacial score (nSPS) is 10.6. The van der Waals surface area contributed by atoms with E-state index in [2.05, 4.69) is 21.2 Å². The first-order valence-corrected chi connectivity index (χ1v) is 10.6. The molecule has 5 aromatic rings. The highest BCUT2D eigenvalue weighted by Gasteiger charge is 2.16. The minimum atomic E-state index is -0.558. The fourth-order valence-electron chi connectivity index (χ4n) is 3.51. The van der Waals surface area contributed by atoms with E-state index in [9.17, 15) is 14.4 Å². The van der Waals surface area contributed by atoms with E-state index in [1.165, 1.54) is 24.7 Å². The van der Waals surface area contributed by atoms with Gasteiger partial charge in [-0.05, 0) is 54.6 Å². The van der Waals surface area contributed by atoms with Crippen molar-refractivity contribution < 1.29 is 23.2 Å². The summed E-state index contributed by atoms with van der Waals surface area (Å²) in [6.45, 7) is 0. The van der Waals surface area contributed by atoms with Crippen LogP contribution in [0.25, 0.3) is 22.4 Å². The molecule has 0 atom stereocenters. The Labute approximate surface area is 198 Å². The zero-order valence-corrected chi connectivity index (χ0v) is 18.1. The lowest BCUT2D eigenvalue weighted by Crippen LogP contribution is -2.41. The Morgan fingerprint density at radius 3 is 2.31 bits per heavy atom. The highest BCUT2D eigenvalue weighted by molar-refractivity contribution is 6.08. The number of amides is 3. The van der Waals surface area contributed by atoms with Crippen LogP contribution >= 0.6 is 0 Å². The van der Waals surface area contributed by atoms with Gasteiger partial charge in [-0.15, -0.1) is 0 Å². The third-order valence-electron chi connectivity index (χ3n) is 5.15. The van der Waals surface area contributed by atoms with Crippen molar-refractivity contribution in [3.8, 4) is 11.5 Å². The molecule has 0 radical (unpaired) electrons. The van der Waals surface area contributed by atoms with Crippen LogP contribution in [0.2, 0.25) is 0 Å². The number of fused-ring (bicyclic) bond motifs is 1. The van der Waals surface area contributed by atoms with Gasteiger partial charge in [0.15, 0.2) is 11.5 Å². The predicted molar refractivity (Wildman–Crippen MR) is 127 cm³/mol. The second kappa shape index (κ2) is 9.36. The van der Waals surface area contributed by atoms with Crippen LogP contribution < -0.4 is 16.2 Å². The zero-order chi connectivity index (χ0) is 24.2. The van der Waals surface area contributed by atoms with Gasteiger partial charge in [0.25, 0.3) is 17.7 Å². The van der Waals surface area contributed by atoms with Gasteiger partial charge in [-0.1, -0.05) is 24.3 Å². The Morgan fingerprint density at radius 2 is 1.51 bits per heavy atom. The SMILES string of the molecule is O=C(NNC(=O)c1cc(-c2ccco2)nc2ccccc12)c1cccc(NC(=O)c2ccco2)c1. The molecule has 2 aromatic carbocycles. The van der Waals surface area contributed by atoms with Gasteiger partial charge in [0.1, 0.15) is 5.69 Å². The van der Waals surface area contributed by atoms with E-state index >= 15 is 0 Å². The van der Waals surface area contributed by atoms with Crippen LogP contribution in [0.1, 0.15) is 31.3 Å². The van der Waals surface area contributed by atoms with Gasteiger partial charge in [-0.2, -0.15) is 0 Å². The fraction of sp³-hybridized carbons (Fsp3) is 0. The molecule has 5 rings (SSSR count). The third-order valence-corrected chi connectivity index (χ3v) is 5.15. The van der Waals surface area contributed by atoms with Crippen molar-refractivity contribution in [2.45, 2.75) is 0 Å². The number of nitrogens with one attached hydrogen (secondary N) is 3. The Balaban J connectivity index is 1.32. The summed E-state index contributed by atoms with van der Waals surface area (Å²) < 4.78 is 10.5. The molecule has 0 spiro atoms. The summed E-state index contributed by atoms with van der Waals surface area (Å²) in [4.78, 5) is 42.4. The number of hydrogen-bond acceptors (Lipinski definition) is 6. The Kier molecular flexibility index (Phi) is 5.79. The molecular weight excluding hydrogens is 448 g/mol. The number of aromatic nitrogens is 1. The second-order valence-corrected chi connectivity index (χ2v) is 7.47. The van der Waals surface area contributed by atoms with Gasteiger partial charge in [-0.25, -0.2) is 4.98 Å². The number of rotatable bonds is 5. The number of carbonyl (C=O) groups is 3. The van der Waals surface area contributed by atoms with Crippen LogP contribution in [-0.4, -0.2) is 22.7 Å². The Hall–Kier alpha value is -5.18. The van der Waals surface area contributed by atoms with E-state index in [0.717, 1.165) is 0 Å². The number of benzene rings is 2. The molecule has 9 nitrogen and oxygen atoms in total. The average Bonchev–Trinajstić information content (AvgIpc) is 3.61. The molecule has 3 N–H and O–H groups in total. The first-order valence-electron chi connectivity index (χ1n) is 10.6. The van der Waals surface area contributed by atoms with Crippen LogP contribution in [0.15, 0.2) is 100 Å². The monoisotopic (exact) mass is 466 g/mol. The van der Waals surface area contributed by atoms with Crippen molar-refractivity contribution in [1.82, 2.24) is 15.8 Å². The average molecular weight is 466 g/mol. The van der Waals surface area contributed by atoms with E-state index in [4.69, 9.17) is 8.83 Å². The molecule has 0 aliphatic rings. The standard InChI is InChI=1S/C26H18N4O5/c31-24(16-6-3-7-17(14-16)27-26(33)23-11-5-13-35-23)29-30-25(32)19-15-21(22-10-4-12-34-22)28-20-9-2-1-8-18(19)20/h1-15H,(H,27,33)(H,29,31)(H,30,32). The first kappa shape index (κ1) is 21.7. The molecule has 0 saturated carbocycles. The number of para-hydroxylation sites is 1. The number of hydrazine groups is 1. The highest BCUT2D eigenvalue weighted by atomic mass is 16.3. The molecule has 9 heteroatoms. The third kappa shape index (κ3) is 4.64. The predicted octanol–water partition coefficient (Wildman–Crippen LogP) is 4.41. The number of carbonyl (C=O) groups excluding carboxylic acids is 3. The number of nitrogens with zero attached hydrogens (tertiary/aromatic N) is 1. The fourth-order valence-corrected chi connectivity index (χ4v) is 3.51. The largest absolute Gasteiger partial charge is 0.463 e. The van der Waals surface area contributed by atoms with Crippen LogP contribution in [0.3, 0.4) is 0 Å². The smallest absolute Gasteiger partial charge is 0.291 e. The molecular formula is C26H18N4O5. The van der Waals surface area contributed by atoms with E-state index < -0.39 is 17.7 Å². The first-order chi connectivity index (χ1) is 17.1. The van der Waals surface area contributed by atoms with Crippen molar-refractivity contribution in [3.63, 3.8) is 0 Å². The Morgan fingerprint density at radius 1 is 0.714 bits per heavy atom. The lowest BCUT2D eigenvalue weighted by Gasteiger charge is -2.11. The van der Waals surface area contributed by atoms with Crippen LogP contribution in [0.4, 0.5) is 5.69 Å². The van der Waals surface area contributed by atoms with Crippen LogP contribution in [-0.2, 0) is 0 Å². The van der Waals surface area contributed by atoms with Crippen LogP contribution in [0, 0.1) is 0 Å². The van der Waals surface area contributed by atoms with E-state index in [1.807, 2.05) is 6.07 Å². The molecule has 0 aliphatic heterocycles. The minimum Gasteiger partial charge on any atom is -0.463 e. The van der Waals surface area contributed by atoms with Gasteiger partial charge in [0.2, 0.25) is 0 Å². The molecule has 3 heterocycles. The van der Waals surface area contributed by atoms with Crippen molar-refractivity contribution >= 4 is 34.3 Å². The van der Waals surface area contributed by atoms with E-state index in [-0.39, 0.29) is 11.3 Å². The summed E-state index contributed by atoms with van der Waals surface area (Å²) in [6, 6.07) is 21.7. The lowest BCUT2D eigenvalue weighted by molar-refractivity contribution is 0.0847. The van der Waals surface area contributed by atoms with E-state index in [0.29, 0.717) is 33.6 Å². The van der Waals surface area contributed by atoms with Crippen molar-refractivity contribution in [3.05, 3.63) is 108 Å². The summed E-state index contributed by atoms with van der Waals surface area (Å²) in [5.74, 6) is -0.866. The van der Waals surface area contributed by atoms with Gasteiger partial charge < -0.3 is 14.2 Å². The van der Waals surface area contributed by atoms with Crippen LogP contribution in [0.5, 0.6) is 0 Å². The number of hydrogen-bond donors (Lipinski definition) is 3. The number of pyridine rings is 1.